The third-order valence-electron chi connectivity index (χ3n) is 3.51. The summed E-state index contributed by atoms with van der Waals surface area (Å²) in [6.07, 6.45) is 3.52. The highest BCUT2D eigenvalue weighted by atomic mass is 35.5. The highest BCUT2D eigenvalue weighted by molar-refractivity contribution is 7.89. The first-order chi connectivity index (χ1) is 9.47. The van der Waals surface area contributed by atoms with E-state index in [2.05, 4.69) is 9.71 Å². The lowest BCUT2D eigenvalue weighted by molar-refractivity contribution is 0.178. The third kappa shape index (κ3) is 2.58. The molecular formula is C11H14ClN3O3S2. The second-order valence-electron chi connectivity index (χ2n) is 4.95. The number of hydrogen-bond donors (Lipinski definition) is 2. The lowest BCUT2D eigenvalue weighted by Crippen LogP contribution is -2.29. The van der Waals surface area contributed by atoms with Crippen molar-refractivity contribution in [2.24, 2.45) is 5.92 Å². The molecule has 1 fully saturated rings. The number of aromatic nitrogens is 2. The molecular weight excluding hydrogens is 322 g/mol. The van der Waals surface area contributed by atoms with Crippen molar-refractivity contribution in [1.82, 2.24) is 14.1 Å². The maximum atomic E-state index is 12.4. The Morgan fingerprint density at radius 2 is 2.35 bits per heavy atom. The molecule has 0 bridgehead atoms. The Bertz CT molecular complexity index is 724. The summed E-state index contributed by atoms with van der Waals surface area (Å²) >= 11 is 7.25. The Hall–Kier alpha value is -0.670. The first-order valence-corrected chi connectivity index (χ1v) is 9.00. The van der Waals surface area contributed by atoms with E-state index < -0.39 is 10.0 Å². The van der Waals surface area contributed by atoms with Crippen molar-refractivity contribution in [2.45, 2.75) is 30.4 Å². The van der Waals surface area contributed by atoms with Gasteiger partial charge in [0.2, 0.25) is 0 Å². The minimum atomic E-state index is -3.71. The Labute approximate surface area is 125 Å². The SMILES string of the molecule is O=S(=O)(NCC1CCC(O)C1)c1c(Cl)nc2sccn12. The Kier molecular flexibility index (Phi) is 3.76. The van der Waals surface area contributed by atoms with Crippen molar-refractivity contribution >= 4 is 37.9 Å². The van der Waals surface area contributed by atoms with Crippen molar-refractivity contribution in [2.75, 3.05) is 6.54 Å². The van der Waals surface area contributed by atoms with Crippen molar-refractivity contribution in [3.8, 4) is 0 Å². The van der Waals surface area contributed by atoms with E-state index in [1.54, 1.807) is 11.6 Å². The zero-order valence-corrected chi connectivity index (χ0v) is 12.9. The van der Waals surface area contributed by atoms with Crippen LogP contribution in [0.5, 0.6) is 0 Å². The van der Waals surface area contributed by atoms with Gasteiger partial charge in [0.1, 0.15) is 0 Å². The number of halogens is 1. The predicted octanol–water partition coefficient (Wildman–Crippen LogP) is 1.49. The molecule has 2 heterocycles. The summed E-state index contributed by atoms with van der Waals surface area (Å²) in [4.78, 5) is 4.57. The van der Waals surface area contributed by atoms with E-state index in [9.17, 15) is 13.5 Å². The lowest BCUT2D eigenvalue weighted by atomic mass is 10.1. The molecule has 0 aromatic carbocycles. The van der Waals surface area contributed by atoms with Gasteiger partial charge in [-0.05, 0) is 25.2 Å². The first-order valence-electron chi connectivity index (χ1n) is 6.26. The zero-order valence-electron chi connectivity index (χ0n) is 10.5. The van der Waals surface area contributed by atoms with Crippen LogP contribution in [0.25, 0.3) is 4.96 Å². The van der Waals surface area contributed by atoms with Gasteiger partial charge in [-0.1, -0.05) is 11.6 Å². The second-order valence-corrected chi connectivity index (χ2v) is 7.86. The standard InChI is InChI=1S/C11H14ClN3O3S2/c12-9-10(15-3-4-19-11(15)14-9)20(17,18)13-6-7-1-2-8(16)5-7/h3-4,7-8,13,16H,1-2,5-6H2. The Morgan fingerprint density at radius 1 is 1.55 bits per heavy atom. The quantitative estimate of drug-likeness (QED) is 0.886. The van der Waals surface area contributed by atoms with Gasteiger partial charge < -0.3 is 5.11 Å². The van der Waals surface area contributed by atoms with Crippen LogP contribution < -0.4 is 4.72 Å². The molecule has 0 spiro atoms. The normalized spacial score (nSPS) is 23.7. The molecule has 110 valence electrons. The third-order valence-corrected chi connectivity index (χ3v) is 6.09. The van der Waals surface area contributed by atoms with Crippen molar-refractivity contribution in [3.63, 3.8) is 0 Å². The van der Waals surface area contributed by atoms with Gasteiger partial charge >= 0.3 is 0 Å². The van der Waals surface area contributed by atoms with Crippen molar-refractivity contribution in [1.29, 1.82) is 0 Å². The van der Waals surface area contributed by atoms with Gasteiger partial charge in [0.15, 0.2) is 15.1 Å². The molecule has 2 atom stereocenters. The molecule has 0 aliphatic heterocycles. The number of aliphatic hydroxyl groups is 1. The van der Waals surface area contributed by atoms with Gasteiger partial charge in [-0.25, -0.2) is 18.1 Å². The number of aliphatic hydroxyl groups excluding tert-OH is 1. The van der Waals surface area contributed by atoms with Crippen LogP contribution in [0, 0.1) is 5.92 Å². The number of rotatable bonds is 4. The summed E-state index contributed by atoms with van der Waals surface area (Å²) in [7, 11) is -3.71. The van der Waals surface area contributed by atoms with Gasteiger partial charge in [-0.2, -0.15) is 0 Å². The fraction of sp³-hybridized carbons (Fsp3) is 0.545. The van der Waals surface area contributed by atoms with Gasteiger partial charge in [-0.3, -0.25) is 4.40 Å². The van der Waals surface area contributed by atoms with E-state index in [0.29, 0.717) is 17.9 Å². The summed E-state index contributed by atoms with van der Waals surface area (Å²) < 4.78 is 28.7. The van der Waals surface area contributed by atoms with Crippen LogP contribution >= 0.6 is 22.9 Å². The fourth-order valence-electron chi connectivity index (χ4n) is 2.51. The number of sulfonamides is 1. The van der Waals surface area contributed by atoms with Gasteiger partial charge in [0.05, 0.1) is 6.10 Å². The predicted molar refractivity (Wildman–Crippen MR) is 76.6 cm³/mol. The van der Waals surface area contributed by atoms with Crippen LogP contribution in [0.4, 0.5) is 0 Å². The van der Waals surface area contributed by atoms with E-state index in [0.717, 1.165) is 12.8 Å². The molecule has 2 aromatic rings. The van der Waals surface area contributed by atoms with E-state index in [-0.39, 0.29) is 22.2 Å². The molecule has 2 aromatic heterocycles. The molecule has 1 aliphatic rings. The molecule has 2 unspecified atom stereocenters. The van der Waals surface area contributed by atoms with Gasteiger partial charge in [0.25, 0.3) is 10.0 Å². The fourth-order valence-corrected chi connectivity index (χ4v) is 5.07. The molecule has 0 saturated heterocycles. The monoisotopic (exact) mass is 335 g/mol. The number of nitrogens with one attached hydrogen (secondary N) is 1. The van der Waals surface area contributed by atoms with E-state index in [1.807, 2.05) is 0 Å². The first kappa shape index (κ1) is 14.3. The molecule has 2 N–H and O–H groups in total. The molecule has 1 aliphatic carbocycles. The van der Waals surface area contributed by atoms with E-state index in [1.165, 1.54) is 15.7 Å². The molecule has 3 rings (SSSR count). The number of nitrogens with zero attached hydrogens (tertiary/aromatic N) is 2. The van der Waals surface area contributed by atoms with Crippen LogP contribution in [0.1, 0.15) is 19.3 Å². The van der Waals surface area contributed by atoms with Crippen LogP contribution in [-0.2, 0) is 10.0 Å². The lowest BCUT2D eigenvalue weighted by Gasteiger charge is -2.11. The van der Waals surface area contributed by atoms with Crippen molar-refractivity contribution < 1.29 is 13.5 Å². The summed E-state index contributed by atoms with van der Waals surface area (Å²) in [5, 5.41) is 11.2. The summed E-state index contributed by atoms with van der Waals surface area (Å²) in [6, 6.07) is 0. The van der Waals surface area contributed by atoms with Gasteiger partial charge in [-0.15, -0.1) is 11.3 Å². The Balaban J connectivity index is 1.81. The number of thiazole rings is 1. The summed E-state index contributed by atoms with van der Waals surface area (Å²) in [6.45, 7) is 0.313. The second kappa shape index (κ2) is 5.27. The van der Waals surface area contributed by atoms with Crippen LogP contribution in [-0.4, -0.2) is 35.6 Å². The summed E-state index contributed by atoms with van der Waals surface area (Å²) in [5.41, 5.74) is 0. The number of fused-ring (bicyclic) bond motifs is 1. The maximum absolute atomic E-state index is 12.4. The average Bonchev–Trinajstić information content (AvgIpc) is 3.02. The highest BCUT2D eigenvalue weighted by Crippen LogP contribution is 2.27. The number of imidazole rings is 1. The summed E-state index contributed by atoms with van der Waals surface area (Å²) in [5.74, 6) is 0.171. The zero-order chi connectivity index (χ0) is 14.3. The molecule has 6 nitrogen and oxygen atoms in total. The average molecular weight is 336 g/mol. The molecule has 0 amide bonds. The van der Waals surface area contributed by atoms with Crippen molar-refractivity contribution in [3.05, 3.63) is 16.7 Å². The number of hydrogen-bond acceptors (Lipinski definition) is 5. The van der Waals surface area contributed by atoms with E-state index in [4.69, 9.17) is 11.6 Å². The largest absolute Gasteiger partial charge is 0.393 e. The molecule has 1 saturated carbocycles. The van der Waals surface area contributed by atoms with E-state index >= 15 is 0 Å². The van der Waals surface area contributed by atoms with Gasteiger partial charge in [0, 0.05) is 18.1 Å². The maximum Gasteiger partial charge on any atom is 0.259 e. The molecule has 9 heteroatoms. The Morgan fingerprint density at radius 3 is 3.05 bits per heavy atom. The topological polar surface area (TPSA) is 83.7 Å². The van der Waals surface area contributed by atoms with Crippen LogP contribution in [0.3, 0.4) is 0 Å². The smallest absolute Gasteiger partial charge is 0.259 e. The van der Waals surface area contributed by atoms with Crippen LogP contribution in [0.15, 0.2) is 16.6 Å². The molecule has 0 radical (unpaired) electrons. The van der Waals surface area contributed by atoms with Crippen LogP contribution in [0.2, 0.25) is 5.15 Å². The molecule has 20 heavy (non-hydrogen) atoms. The minimum absolute atomic E-state index is 0.0178. The highest BCUT2D eigenvalue weighted by Gasteiger charge is 2.28. The minimum Gasteiger partial charge on any atom is -0.393 e.